The second-order valence-corrected chi connectivity index (χ2v) is 4.20. The lowest BCUT2D eigenvalue weighted by molar-refractivity contribution is 0.556. The maximum absolute atomic E-state index is 5.56. The van der Waals surface area contributed by atoms with Crippen LogP contribution < -0.4 is 11.1 Å². The minimum atomic E-state index is 0.367. The second kappa shape index (κ2) is 5.10. The van der Waals surface area contributed by atoms with Crippen molar-refractivity contribution in [1.29, 1.82) is 0 Å². The highest BCUT2D eigenvalue weighted by Gasteiger charge is 1.99. The minimum absolute atomic E-state index is 0.367. The van der Waals surface area contributed by atoms with Crippen molar-refractivity contribution in [2.24, 2.45) is 5.73 Å². The predicted octanol–water partition coefficient (Wildman–Crippen LogP) is 2.28. The zero-order chi connectivity index (χ0) is 11.4. The Kier molecular flexibility index (Phi) is 3.54. The third kappa shape index (κ3) is 2.60. The lowest BCUT2D eigenvalue weighted by Crippen LogP contribution is -2.32. The van der Waals surface area contributed by atoms with Gasteiger partial charge in [-0.25, -0.2) is 0 Å². The van der Waals surface area contributed by atoms with Crippen molar-refractivity contribution in [3.05, 3.63) is 48.0 Å². The molecule has 0 bridgehead atoms. The number of hydrogen-bond acceptors (Lipinski definition) is 2. The Bertz CT molecular complexity index is 465. The molecule has 2 aromatic carbocycles. The van der Waals surface area contributed by atoms with Gasteiger partial charge in [0.1, 0.15) is 0 Å². The minimum Gasteiger partial charge on any atom is -0.329 e. The molecule has 2 rings (SSSR count). The van der Waals surface area contributed by atoms with Crippen molar-refractivity contribution < 1.29 is 0 Å². The standard InChI is InChI=1S/C14H18N2/c1-11(9-15)16-10-12-6-7-13-4-2-3-5-14(13)8-12/h2-8,11,16H,9-10,15H2,1H3/t11-/m1/s1. The summed E-state index contributed by atoms with van der Waals surface area (Å²) in [5, 5.41) is 5.97. The smallest absolute Gasteiger partial charge is 0.0208 e. The van der Waals surface area contributed by atoms with Crippen LogP contribution in [0.15, 0.2) is 42.5 Å². The van der Waals surface area contributed by atoms with Crippen molar-refractivity contribution >= 4 is 10.8 Å². The summed E-state index contributed by atoms with van der Waals surface area (Å²) < 4.78 is 0. The molecule has 84 valence electrons. The van der Waals surface area contributed by atoms with Crippen LogP contribution in [0.1, 0.15) is 12.5 Å². The van der Waals surface area contributed by atoms with Gasteiger partial charge in [-0.15, -0.1) is 0 Å². The molecule has 0 aliphatic carbocycles. The maximum atomic E-state index is 5.56. The van der Waals surface area contributed by atoms with E-state index in [4.69, 9.17) is 5.73 Å². The number of hydrogen-bond donors (Lipinski definition) is 2. The summed E-state index contributed by atoms with van der Waals surface area (Å²) in [6.07, 6.45) is 0. The Morgan fingerprint density at radius 3 is 2.62 bits per heavy atom. The number of fused-ring (bicyclic) bond motifs is 1. The topological polar surface area (TPSA) is 38.0 Å². The summed E-state index contributed by atoms with van der Waals surface area (Å²) in [6.45, 7) is 3.65. The molecule has 3 N–H and O–H groups in total. The highest BCUT2D eigenvalue weighted by atomic mass is 14.9. The average molecular weight is 214 g/mol. The average Bonchev–Trinajstić information content (AvgIpc) is 2.35. The number of rotatable bonds is 4. The molecule has 0 amide bonds. The van der Waals surface area contributed by atoms with Crippen molar-refractivity contribution in [2.45, 2.75) is 19.5 Å². The van der Waals surface area contributed by atoms with Gasteiger partial charge in [0.05, 0.1) is 0 Å². The number of nitrogens with one attached hydrogen (secondary N) is 1. The second-order valence-electron chi connectivity index (χ2n) is 4.20. The third-order valence-corrected chi connectivity index (χ3v) is 2.82. The van der Waals surface area contributed by atoms with E-state index in [0.717, 1.165) is 6.54 Å². The van der Waals surface area contributed by atoms with Crippen LogP contribution in [-0.2, 0) is 6.54 Å². The van der Waals surface area contributed by atoms with Crippen LogP contribution >= 0.6 is 0 Å². The molecular formula is C14H18N2. The van der Waals surface area contributed by atoms with Crippen LogP contribution in [0, 0.1) is 0 Å². The lowest BCUT2D eigenvalue weighted by Gasteiger charge is -2.11. The molecule has 2 nitrogen and oxygen atoms in total. The van der Waals surface area contributed by atoms with E-state index < -0.39 is 0 Å². The number of nitrogens with two attached hydrogens (primary N) is 1. The molecule has 0 spiro atoms. The highest BCUT2D eigenvalue weighted by Crippen LogP contribution is 2.15. The summed E-state index contributed by atoms with van der Waals surface area (Å²) in [7, 11) is 0. The van der Waals surface area contributed by atoms with Gasteiger partial charge < -0.3 is 11.1 Å². The van der Waals surface area contributed by atoms with E-state index in [0.29, 0.717) is 12.6 Å². The first-order valence-electron chi connectivity index (χ1n) is 5.71. The molecule has 0 unspecified atom stereocenters. The van der Waals surface area contributed by atoms with Crippen LogP contribution in [0.4, 0.5) is 0 Å². The van der Waals surface area contributed by atoms with Gasteiger partial charge in [-0.3, -0.25) is 0 Å². The van der Waals surface area contributed by atoms with Crippen molar-refractivity contribution in [2.75, 3.05) is 6.54 Å². The first-order chi connectivity index (χ1) is 7.79. The molecule has 0 aliphatic rings. The Morgan fingerprint density at radius 1 is 1.12 bits per heavy atom. The normalized spacial score (nSPS) is 12.9. The van der Waals surface area contributed by atoms with E-state index in [2.05, 4.69) is 54.7 Å². The van der Waals surface area contributed by atoms with Crippen LogP contribution in [0.3, 0.4) is 0 Å². The van der Waals surface area contributed by atoms with Crippen LogP contribution in [0.5, 0.6) is 0 Å². The monoisotopic (exact) mass is 214 g/mol. The molecule has 1 atom stereocenters. The molecule has 0 saturated carbocycles. The molecular weight excluding hydrogens is 196 g/mol. The Labute approximate surface area is 96.5 Å². The van der Waals surface area contributed by atoms with E-state index in [9.17, 15) is 0 Å². The van der Waals surface area contributed by atoms with Crippen molar-refractivity contribution in [3.63, 3.8) is 0 Å². The van der Waals surface area contributed by atoms with Crippen LogP contribution in [0.25, 0.3) is 10.8 Å². The Hall–Kier alpha value is -1.38. The quantitative estimate of drug-likeness (QED) is 0.819. The van der Waals surface area contributed by atoms with E-state index >= 15 is 0 Å². The van der Waals surface area contributed by atoms with Gasteiger partial charge in [-0.2, -0.15) is 0 Å². The zero-order valence-electron chi connectivity index (χ0n) is 9.61. The highest BCUT2D eigenvalue weighted by molar-refractivity contribution is 5.82. The van der Waals surface area contributed by atoms with Gasteiger partial charge in [0.25, 0.3) is 0 Å². The zero-order valence-corrected chi connectivity index (χ0v) is 9.61. The van der Waals surface area contributed by atoms with Gasteiger partial charge in [0.2, 0.25) is 0 Å². The fraction of sp³-hybridized carbons (Fsp3) is 0.286. The summed E-state index contributed by atoms with van der Waals surface area (Å²) in [4.78, 5) is 0. The Morgan fingerprint density at radius 2 is 1.88 bits per heavy atom. The molecule has 16 heavy (non-hydrogen) atoms. The van der Waals surface area contributed by atoms with Gasteiger partial charge >= 0.3 is 0 Å². The van der Waals surface area contributed by atoms with Crippen molar-refractivity contribution in [3.8, 4) is 0 Å². The fourth-order valence-electron chi connectivity index (χ4n) is 1.72. The molecule has 0 saturated heterocycles. The van der Waals surface area contributed by atoms with Gasteiger partial charge in [-0.05, 0) is 29.3 Å². The predicted molar refractivity (Wildman–Crippen MR) is 69.3 cm³/mol. The van der Waals surface area contributed by atoms with E-state index in [1.54, 1.807) is 0 Å². The van der Waals surface area contributed by atoms with Gasteiger partial charge in [-0.1, -0.05) is 36.4 Å². The Balaban J connectivity index is 2.13. The fourth-order valence-corrected chi connectivity index (χ4v) is 1.72. The lowest BCUT2D eigenvalue weighted by atomic mass is 10.1. The van der Waals surface area contributed by atoms with E-state index in [1.165, 1.54) is 16.3 Å². The van der Waals surface area contributed by atoms with E-state index in [-0.39, 0.29) is 0 Å². The third-order valence-electron chi connectivity index (χ3n) is 2.82. The number of benzene rings is 2. The molecule has 0 radical (unpaired) electrons. The molecule has 2 aromatic rings. The largest absolute Gasteiger partial charge is 0.329 e. The first kappa shape index (κ1) is 11.1. The van der Waals surface area contributed by atoms with Gasteiger partial charge in [0, 0.05) is 19.1 Å². The molecule has 0 aromatic heterocycles. The molecule has 0 heterocycles. The SMILES string of the molecule is C[C@H](CN)NCc1ccc2ccccc2c1. The van der Waals surface area contributed by atoms with Crippen LogP contribution in [0.2, 0.25) is 0 Å². The summed E-state index contributed by atoms with van der Waals surface area (Å²) in [5.41, 5.74) is 6.87. The first-order valence-corrected chi connectivity index (χ1v) is 5.71. The summed E-state index contributed by atoms with van der Waals surface area (Å²) in [6, 6.07) is 15.3. The molecule has 0 fully saturated rings. The van der Waals surface area contributed by atoms with E-state index in [1.807, 2.05) is 0 Å². The van der Waals surface area contributed by atoms with Crippen LogP contribution in [-0.4, -0.2) is 12.6 Å². The molecule has 0 aliphatic heterocycles. The summed E-state index contributed by atoms with van der Waals surface area (Å²) >= 11 is 0. The van der Waals surface area contributed by atoms with Crippen molar-refractivity contribution in [1.82, 2.24) is 5.32 Å². The summed E-state index contributed by atoms with van der Waals surface area (Å²) in [5.74, 6) is 0. The molecule has 2 heteroatoms. The van der Waals surface area contributed by atoms with Gasteiger partial charge in [0.15, 0.2) is 0 Å². The maximum Gasteiger partial charge on any atom is 0.0208 e.